The molecule has 1 saturated carbocycles. The summed E-state index contributed by atoms with van der Waals surface area (Å²) in [5.74, 6) is -0.216. The van der Waals surface area contributed by atoms with Crippen LogP contribution in [-0.2, 0) is 20.7 Å². The lowest BCUT2D eigenvalue weighted by molar-refractivity contribution is -0.159. The van der Waals surface area contributed by atoms with E-state index in [1.807, 2.05) is 30.3 Å². The number of hydrogen-bond donors (Lipinski definition) is 1. The Hall–Kier alpha value is -4.65. The van der Waals surface area contributed by atoms with Crippen LogP contribution in [0, 0.1) is 11.8 Å². The van der Waals surface area contributed by atoms with Gasteiger partial charge in [0.2, 0.25) is 0 Å². The lowest BCUT2D eigenvalue weighted by Gasteiger charge is -2.44. The van der Waals surface area contributed by atoms with Crippen molar-refractivity contribution in [3.05, 3.63) is 111 Å². The number of benzene rings is 3. The van der Waals surface area contributed by atoms with E-state index < -0.39 is 30.7 Å². The lowest BCUT2D eigenvalue weighted by Crippen LogP contribution is -2.52. The molecule has 1 N–H and O–H groups in total. The van der Waals surface area contributed by atoms with Crippen molar-refractivity contribution in [2.24, 2.45) is 11.8 Å². The monoisotopic (exact) mass is 795 g/mol. The molecule has 3 aromatic carbocycles. The average Bonchev–Trinajstić information content (AvgIpc) is 4.03. The normalized spacial score (nSPS) is 20.0. The van der Waals surface area contributed by atoms with Crippen molar-refractivity contribution >= 4 is 40.8 Å². The molecule has 0 amide bonds. The van der Waals surface area contributed by atoms with E-state index in [9.17, 15) is 18.4 Å². The molecule has 3 atom stereocenters. The summed E-state index contributed by atoms with van der Waals surface area (Å²) < 4.78 is 55.2. The fourth-order valence-electron chi connectivity index (χ4n) is 7.04. The van der Waals surface area contributed by atoms with Gasteiger partial charge in [0.15, 0.2) is 17.5 Å². The molecule has 4 fully saturated rings. The highest BCUT2D eigenvalue weighted by atomic mass is 35.5. The molecule has 55 heavy (non-hydrogen) atoms. The molecule has 3 aliphatic heterocycles. The Morgan fingerprint density at radius 2 is 1.65 bits per heavy atom. The van der Waals surface area contributed by atoms with E-state index >= 15 is 0 Å². The van der Waals surface area contributed by atoms with Crippen molar-refractivity contribution in [2.75, 3.05) is 38.7 Å². The van der Waals surface area contributed by atoms with Gasteiger partial charge in [0.25, 0.3) is 0 Å². The van der Waals surface area contributed by atoms with Crippen molar-refractivity contribution in [3.63, 3.8) is 0 Å². The zero-order valence-corrected chi connectivity index (χ0v) is 31.6. The minimum atomic E-state index is -3.07. The van der Waals surface area contributed by atoms with Crippen LogP contribution in [0.15, 0.2) is 79.1 Å². The molecular weight excluding hydrogens is 755 g/mol. The van der Waals surface area contributed by atoms with Gasteiger partial charge in [-0.05, 0) is 97.6 Å². The Bertz CT molecular complexity index is 1960. The molecule has 3 saturated heterocycles. The minimum Gasteiger partial charge on any atom is -0.495 e. The predicted octanol–water partition coefficient (Wildman–Crippen LogP) is 8.72. The lowest BCUT2D eigenvalue weighted by atomic mass is 9.86. The standard InChI is InChI=1S/C41H41Cl2F2N3O7/c1-51-35-18-28(9-11-32(35)47-38(26-5-3-2-4-6-26)40(50)54-37-22-48-15-13-25(37)14-16-48)39(49)53-34(19-29-30(42)20-46-21-31(29)43)27-10-12-33(55-41(44)45)36(17-27)52-23-24-7-8-24/h2-6,9-12,17-18,20-21,24-25,34,37-38,41,47H,7-8,13-16,19,22-23H2,1H3/t34?,37-,38?/m0/s1. The molecule has 4 aliphatic rings. The number of hydrogen-bond acceptors (Lipinski definition) is 10. The van der Waals surface area contributed by atoms with Crippen molar-refractivity contribution < 1.29 is 42.1 Å². The number of nitrogens with one attached hydrogen (secondary N) is 1. The number of alkyl halides is 2. The molecular formula is C41H41Cl2F2N3O7. The highest BCUT2D eigenvalue weighted by Gasteiger charge is 2.38. The first-order chi connectivity index (χ1) is 26.6. The summed E-state index contributed by atoms with van der Waals surface area (Å²) in [5.41, 5.74) is 2.22. The first-order valence-corrected chi connectivity index (χ1v) is 19.0. The number of esters is 2. The van der Waals surface area contributed by atoms with E-state index in [0.717, 1.165) is 45.3 Å². The van der Waals surface area contributed by atoms with Gasteiger partial charge in [-0.1, -0.05) is 59.6 Å². The number of ether oxygens (including phenoxy) is 5. The molecule has 10 nitrogen and oxygen atoms in total. The van der Waals surface area contributed by atoms with Gasteiger partial charge in [-0.3, -0.25) is 9.88 Å². The zero-order valence-electron chi connectivity index (χ0n) is 30.1. The third-order valence-electron chi connectivity index (χ3n) is 10.3. The molecule has 1 aromatic heterocycles. The third-order valence-corrected chi connectivity index (χ3v) is 10.9. The van der Waals surface area contributed by atoms with Gasteiger partial charge in [0.1, 0.15) is 18.0 Å². The molecule has 14 heteroatoms. The molecule has 2 bridgehead atoms. The number of carbonyl (C=O) groups excluding carboxylic acids is 2. The van der Waals surface area contributed by atoms with E-state index in [0.29, 0.717) is 40.8 Å². The van der Waals surface area contributed by atoms with Gasteiger partial charge >= 0.3 is 18.6 Å². The number of rotatable bonds is 16. The number of aromatic nitrogens is 1. The Kier molecular flexibility index (Phi) is 12.2. The highest BCUT2D eigenvalue weighted by molar-refractivity contribution is 6.35. The Morgan fingerprint density at radius 3 is 2.31 bits per heavy atom. The Labute approximate surface area is 328 Å². The van der Waals surface area contributed by atoms with Crippen LogP contribution in [0.1, 0.15) is 64.9 Å². The second-order valence-corrected chi connectivity index (χ2v) is 14.8. The molecule has 4 heterocycles. The number of nitrogens with zero attached hydrogens (tertiary/aromatic N) is 2. The molecule has 290 valence electrons. The van der Waals surface area contributed by atoms with Crippen molar-refractivity contribution in [3.8, 4) is 17.2 Å². The van der Waals surface area contributed by atoms with Crippen LogP contribution in [0.4, 0.5) is 14.5 Å². The van der Waals surface area contributed by atoms with Crippen LogP contribution in [-0.4, -0.2) is 67.9 Å². The van der Waals surface area contributed by atoms with Crippen LogP contribution in [0.2, 0.25) is 10.0 Å². The first-order valence-electron chi connectivity index (χ1n) is 18.3. The van der Waals surface area contributed by atoms with Gasteiger partial charge in [-0.25, -0.2) is 9.59 Å². The Balaban J connectivity index is 1.14. The number of carbonyl (C=O) groups is 2. The van der Waals surface area contributed by atoms with Crippen molar-refractivity contribution in [1.82, 2.24) is 9.88 Å². The summed E-state index contributed by atoms with van der Waals surface area (Å²) in [5, 5.41) is 3.81. The van der Waals surface area contributed by atoms with Gasteiger partial charge in [0, 0.05) is 25.4 Å². The fourth-order valence-corrected chi connectivity index (χ4v) is 7.56. The quantitative estimate of drug-likeness (QED) is 0.111. The summed E-state index contributed by atoms with van der Waals surface area (Å²) in [7, 11) is 1.46. The summed E-state index contributed by atoms with van der Waals surface area (Å²) in [6, 6.07) is 17.5. The molecule has 0 radical (unpaired) electrons. The van der Waals surface area contributed by atoms with Crippen molar-refractivity contribution in [1.29, 1.82) is 0 Å². The van der Waals surface area contributed by atoms with Crippen LogP contribution in [0.25, 0.3) is 0 Å². The molecule has 1 aliphatic carbocycles. The number of piperidine rings is 3. The van der Waals surface area contributed by atoms with Gasteiger partial charge in [0.05, 0.1) is 35.0 Å². The van der Waals surface area contributed by atoms with E-state index in [1.165, 1.54) is 43.8 Å². The molecule has 8 rings (SSSR count). The topological polar surface area (TPSA) is 108 Å². The molecule has 2 unspecified atom stereocenters. The maximum absolute atomic E-state index is 13.9. The van der Waals surface area contributed by atoms with E-state index in [-0.39, 0.29) is 45.4 Å². The average molecular weight is 797 g/mol. The van der Waals surface area contributed by atoms with Gasteiger partial charge in [-0.2, -0.15) is 8.78 Å². The summed E-state index contributed by atoms with van der Waals surface area (Å²) >= 11 is 13.0. The summed E-state index contributed by atoms with van der Waals surface area (Å²) in [4.78, 5) is 34.1. The van der Waals surface area contributed by atoms with Crippen LogP contribution < -0.4 is 19.5 Å². The van der Waals surface area contributed by atoms with E-state index in [4.69, 9.17) is 46.9 Å². The first kappa shape index (κ1) is 38.6. The molecule has 4 aromatic rings. The van der Waals surface area contributed by atoms with Crippen LogP contribution in [0.5, 0.6) is 17.2 Å². The van der Waals surface area contributed by atoms with Crippen LogP contribution in [0.3, 0.4) is 0 Å². The smallest absolute Gasteiger partial charge is 0.387 e. The number of pyridine rings is 1. The minimum absolute atomic E-state index is 0.0281. The summed E-state index contributed by atoms with van der Waals surface area (Å²) in [6.45, 7) is 0.0350. The number of fused-ring (bicyclic) bond motifs is 3. The largest absolute Gasteiger partial charge is 0.495 e. The summed E-state index contributed by atoms with van der Waals surface area (Å²) in [6.07, 6.45) is 5.68. The number of methoxy groups -OCH3 is 1. The second kappa shape index (κ2) is 17.4. The zero-order chi connectivity index (χ0) is 38.5. The van der Waals surface area contributed by atoms with E-state index in [2.05, 4.69) is 15.2 Å². The Morgan fingerprint density at radius 1 is 0.909 bits per heavy atom. The third kappa shape index (κ3) is 9.60. The van der Waals surface area contributed by atoms with E-state index in [1.54, 1.807) is 12.1 Å². The number of anilines is 1. The second-order valence-electron chi connectivity index (χ2n) is 14.0. The van der Waals surface area contributed by atoms with Gasteiger partial charge in [-0.15, -0.1) is 0 Å². The number of halogens is 4. The van der Waals surface area contributed by atoms with Gasteiger partial charge < -0.3 is 29.0 Å². The van der Waals surface area contributed by atoms with Crippen molar-refractivity contribution in [2.45, 2.75) is 57.0 Å². The predicted molar refractivity (Wildman–Crippen MR) is 202 cm³/mol. The van der Waals surface area contributed by atoms with Crippen LogP contribution >= 0.6 is 23.2 Å². The highest BCUT2D eigenvalue weighted by Crippen LogP contribution is 2.39. The maximum atomic E-state index is 13.9. The maximum Gasteiger partial charge on any atom is 0.387 e. The fraction of sp³-hybridized carbons (Fsp3) is 0.390. The SMILES string of the molecule is COc1cc(C(=O)OC(Cc2c(Cl)cncc2Cl)c2ccc(OC(F)F)c(OCC3CC3)c2)ccc1NC(C(=O)O[C@H]1CN2CCC1CC2)c1ccccc1. The molecule has 0 spiro atoms.